The highest BCUT2D eigenvalue weighted by Gasteiger charge is 2.32. The average molecular weight is 181 g/mol. The molecule has 1 saturated heterocycles. The summed E-state index contributed by atoms with van der Waals surface area (Å²) in [4.78, 5) is 23.1. The number of carbonyl (C=O) groups excluding carboxylic acids is 1. The molecule has 0 radical (unpaired) electrons. The van der Waals surface area contributed by atoms with Gasteiger partial charge in [0.2, 0.25) is 5.91 Å². The first-order valence-electron chi connectivity index (χ1n) is 3.94. The predicted molar refractivity (Wildman–Crippen MR) is 46.8 cm³/mol. The Hall–Kier alpha value is -1.58. The van der Waals surface area contributed by atoms with Crippen molar-refractivity contribution in [1.29, 1.82) is 0 Å². The minimum atomic E-state index is -1.15. The molecule has 0 bridgehead atoms. The van der Waals surface area contributed by atoms with E-state index in [9.17, 15) is 9.59 Å². The summed E-state index contributed by atoms with van der Waals surface area (Å²) in [7, 11) is 0. The van der Waals surface area contributed by atoms with Crippen molar-refractivity contribution in [2.24, 2.45) is 5.92 Å². The summed E-state index contributed by atoms with van der Waals surface area (Å²) >= 11 is 0. The number of hydrogen-bond acceptors (Lipinski definition) is 2. The van der Waals surface area contributed by atoms with E-state index in [0.717, 1.165) is 0 Å². The highest BCUT2D eigenvalue weighted by molar-refractivity contribution is 5.94. The second-order valence-electron chi connectivity index (χ2n) is 2.87. The first kappa shape index (κ1) is 9.51. The fourth-order valence-electron chi connectivity index (χ4n) is 1.30. The predicted octanol–water partition coefficient (Wildman–Crippen LogP) is 0.619. The number of likely N-dealkylation sites (tertiary alicyclic amines) is 1. The van der Waals surface area contributed by atoms with E-state index in [0.29, 0.717) is 13.0 Å². The second-order valence-corrected chi connectivity index (χ2v) is 2.87. The molecule has 1 aliphatic heterocycles. The van der Waals surface area contributed by atoms with Gasteiger partial charge in [-0.2, -0.15) is 0 Å². The van der Waals surface area contributed by atoms with Crippen LogP contribution in [0.2, 0.25) is 0 Å². The lowest BCUT2D eigenvalue weighted by molar-refractivity contribution is -0.138. The highest BCUT2D eigenvalue weighted by Crippen LogP contribution is 2.21. The molecule has 1 amide bonds. The Morgan fingerprint density at radius 2 is 2.31 bits per heavy atom. The molecule has 13 heavy (non-hydrogen) atoms. The highest BCUT2D eigenvalue weighted by atomic mass is 16.4. The minimum absolute atomic E-state index is 0.158. The lowest BCUT2D eigenvalue weighted by Gasteiger charge is -2.14. The van der Waals surface area contributed by atoms with E-state index in [4.69, 9.17) is 5.11 Å². The zero-order valence-electron chi connectivity index (χ0n) is 7.19. The van der Waals surface area contributed by atoms with Gasteiger partial charge in [0.1, 0.15) is 5.70 Å². The van der Waals surface area contributed by atoms with Crippen molar-refractivity contribution in [3.8, 4) is 0 Å². The van der Waals surface area contributed by atoms with Crippen LogP contribution < -0.4 is 0 Å². The Bertz CT molecular complexity index is 283. The molecular weight excluding hydrogens is 170 g/mol. The number of rotatable bonds is 3. The molecule has 1 unspecified atom stereocenters. The molecule has 0 aromatic heterocycles. The maximum absolute atomic E-state index is 11.4. The molecule has 70 valence electrons. The summed E-state index contributed by atoms with van der Waals surface area (Å²) < 4.78 is 0. The molecule has 1 atom stereocenters. The zero-order valence-corrected chi connectivity index (χ0v) is 7.19. The largest absolute Gasteiger partial charge is 0.477 e. The average Bonchev–Trinajstić information content (AvgIpc) is 2.45. The molecule has 0 saturated carbocycles. The zero-order chi connectivity index (χ0) is 10.0. The third-order valence-electron chi connectivity index (χ3n) is 2.10. The first-order chi connectivity index (χ1) is 6.07. The van der Waals surface area contributed by atoms with Gasteiger partial charge in [-0.25, -0.2) is 4.79 Å². The van der Waals surface area contributed by atoms with Crippen LogP contribution in [-0.4, -0.2) is 28.4 Å². The van der Waals surface area contributed by atoms with E-state index in [2.05, 4.69) is 13.2 Å². The Labute approximate surface area is 76.2 Å². The molecule has 0 aromatic carbocycles. The molecule has 1 N–H and O–H groups in total. The third kappa shape index (κ3) is 1.61. The van der Waals surface area contributed by atoms with Gasteiger partial charge >= 0.3 is 5.97 Å². The van der Waals surface area contributed by atoms with Crippen molar-refractivity contribution in [1.82, 2.24) is 4.90 Å². The first-order valence-corrected chi connectivity index (χ1v) is 3.94. The number of hydrogen-bond donors (Lipinski definition) is 1. The van der Waals surface area contributed by atoms with Crippen molar-refractivity contribution in [3.63, 3.8) is 0 Å². The number of aliphatic carboxylic acids is 1. The molecule has 4 nitrogen and oxygen atoms in total. The van der Waals surface area contributed by atoms with Gasteiger partial charge in [-0.05, 0) is 6.42 Å². The van der Waals surface area contributed by atoms with Gasteiger partial charge in [0, 0.05) is 6.54 Å². The van der Waals surface area contributed by atoms with Crippen LogP contribution in [0, 0.1) is 5.92 Å². The Kier molecular flexibility index (Phi) is 2.51. The van der Waals surface area contributed by atoms with Crippen LogP contribution in [-0.2, 0) is 9.59 Å². The second kappa shape index (κ2) is 3.43. The Balaban J connectivity index is 2.75. The number of carboxylic acids is 1. The van der Waals surface area contributed by atoms with Crippen LogP contribution in [0.5, 0.6) is 0 Å². The van der Waals surface area contributed by atoms with Crippen molar-refractivity contribution >= 4 is 11.9 Å². The number of carboxylic acid groups (broad SMARTS) is 1. The SMILES string of the molecule is C=CC1CCN(C(=C)C(=O)O)C1=O. The van der Waals surface area contributed by atoms with Crippen LogP contribution in [0.15, 0.2) is 24.9 Å². The van der Waals surface area contributed by atoms with E-state index in [-0.39, 0.29) is 17.5 Å². The molecule has 0 aromatic rings. The lowest BCUT2D eigenvalue weighted by atomic mass is 10.1. The van der Waals surface area contributed by atoms with E-state index in [1.807, 2.05) is 0 Å². The van der Waals surface area contributed by atoms with Crippen molar-refractivity contribution in [2.45, 2.75) is 6.42 Å². The van der Waals surface area contributed by atoms with E-state index in [1.54, 1.807) is 0 Å². The fourth-order valence-corrected chi connectivity index (χ4v) is 1.30. The number of nitrogens with zero attached hydrogens (tertiary/aromatic N) is 1. The van der Waals surface area contributed by atoms with Crippen molar-refractivity contribution < 1.29 is 14.7 Å². The normalized spacial score (nSPS) is 21.7. The van der Waals surface area contributed by atoms with E-state index >= 15 is 0 Å². The summed E-state index contributed by atoms with van der Waals surface area (Å²) in [6.45, 7) is 7.25. The van der Waals surface area contributed by atoms with Crippen molar-refractivity contribution in [3.05, 3.63) is 24.9 Å². The van der Waals surface area contributed by atoms with Crippen LogP contribution in [0.25, 0.3) is 0 Å². The van der Waals surface area contributed by atoms with Crippen LogP contribution >= 0.6 is 0 Å². The summed E-state index contributed by atoms with van der Waals surface area (Å²) in [5, 5.41) is 8.60. The van der Waals surface area contributed by atoms with E-state index in [1.165, 1.54) is 11.0 Å². The van der Waals surface area contributed by atoms with E-state index < -0.39 is 5.97 Å². The number of amides is 1. The molecule has 4 heteroatoms. The molecule has 1 heterocycles. The molecule has 1 aliphatic rings. The van der Waals surface area contributed by atoms with Gasteiger partial charge in [0.15, 0.2) is 0 Å². The quantitative estimate of drug-likeness (QED) is 0.513. The Morgan fingerprint density at radius 3 is 2.69 bits per heavy atom. The summed E-state index contributed by atoms with van der Waals surface area (Å²) in [5.74, 6) is -1.63. The molecule has 0 spiro atoms. The summed E-state index contributed by atoms with van der Waals surface area (Å²) in [5.41, 5.74) is -0.158. The lowest BCUT2D eigenvalue weighted by Crippen LogP contribution is -2.29. The standard InChI is InChI=1S/C9H11NO3/c1-3-7-4-5-10(8(7)11)6(2)9(12)13/h3,7H,1-2,4-5H2,(H,12,13). The molecule has 1 rings (SSSR count). The van der Waals surface area contributed by atoms with Gasteiger partial charge in [0.25, 0.3) is 0 Å². The molecular formula is C9H11NO3. The third-order valence-corrected chi connectivity index (χ3v) is 2.10. The van der Waals surface area contributed by atoms with Crippen LogP contribution in [0.1, 0.15) is 6.42 Å². The summed E-state index contributed by atoms with van der Waals surface area (Å²) in [6.07, 6.45) is 2.16. The van der Waals surface area contributed by atoms with Gasteiger partial charge in [-0.3, -0.25) is 4.79 Å². The van der Waals surface area contributed by atoms with Gasteiger partial charge < -0.3 is 10.0 Å². The van der Waals surface area contributed by atoms with Gasteiger partial charge in [-0.15, -0.1) is 6.58 Å². The molecule has 0 aliphatic carbocycles. The van der Waals surface area contributed by atoms with Crippen molar-refractivity contribution in [2.75, 3.05) is 6.54 Å². The smallest absolute Gasteiger partial charge is 0.351 e. The topological polar surface area (TPSA) is 57.6 Å². The van der Waals surface area contributed by atoms with Crippen LogP contribution in [0.3, 0.4) is 0 Å². The number of carbonyl (C=O) groups is 2. The maximum atomic E-state index is 11.4. The maximum Gasteiger partial charge on any atom is 0.351 e. The fraction of sp³-hybridized carbons (Fsp3) is 0.333. The minimum Gasteiger partial charge on any atom is -0.477 e. The van der Waals surface area contributed by atoms with Gasteiger partial charge in [0.05, 0.1) is 5.92 Å². The van der Waals surface area contributed by atoms with Gasteiger partial charge in [-0.1, -0.05) is 12.7 Å². The monoisotopic (exact) mass is 181 g/mol. The summed E-state index contributed by atoms with van der Waals surface area (Å²) in [6, 6.07) is 0. The Morgan fingerprint density at radius 1 is 1.69 bits per heavy atom. The van der Waals surface area contributed by atoms with Crippen LogP contribution in [0.4, 0.5) is 0 Å². The molecule has 1 fully saturated rings.